The quantitative estimate of drug-likeness (QED) is 0.640. The minimum absolute atomic E-state index is 0.298. The molecule has 2 N–H and O–H groups in total. The molecule has 0 saturated carbocycles. The number of carbonyl (C=O) groups excluding carboxylic acids is 1. The number of hydrogen-bond acceptors (Lipinski definition) is 5. The Morgan fingerprint density at radius 1 is 1.35 bits per heavy atom. The molecule has 1 aromatic rings. The van der Waals surface area contributed by atoms with Crippen molar-refractivity contribution in [2.24, 2.45) is 0 Å². The molecule has 0 aliphatic carbocycles. The van der Waals surface area contributed by atoms with Crippen molar-refractivity contribution in [2.45, 2.75) is 25.9 Å². The lowest BCUT2D eigenvalue weighted by Gasteiger charge is -2.22. The van der Waals surface area contributed by atoms with Crippen molar-refractivity contribution in [1.29, 1.82) is 0 Å². The van der Waals surface area contributed by atoms with Crippen LogP contribution in [0, 0.1) is 0 Å². The third-order valence-corrected chi connectivity index (χ3v) is 3.23. The molecule has 112 valence electrons. The van der Waals surface area contributed by atoms with Crippen molar-refractivity contribution in [2.75, 3.05) is 38.4 Å². The van der Waals surface area contributed by atoms with Crippen molar-refractivity contribution in [1.82, 2.24) is 0 Å². The van der Waals surface area contributed by atoms with Crippen molar-refractivity contribution in [3.8, 4) is 0 Å². The Morgan fingerprint density at radius 3 is 2.50 bits per heavy atom. The first-order chi connectivity index (χ1) is 9.26. The maximum Gasteiger partial charge on any atom is 0.338 e. The molecule has 0 fully saturated rings. The van der Waals surface area contributed by atoms with Crippen LogP contribution in [0.1, 0.15) is 30.6 Å². The Labute approximate surface area is 120 Å². The summed E-state index contributed by atoms with van der Waals surface area (Å²) in [5, 5.41) is 0. The monoisotopic (exact) mass is 280 g/mol. The number of anilines is 2. The largest absolute Gasteiger partial charge is 0.462 e. The molecule has 0 amide bonds. The van der Waals surface area contributed by atoms with E-state index in [0.717, 1.165) is 5.69 Å². The number of hydrogen-bond donors (Lipinski definition) is 1. The van der Waals surface area contributed by atoms with Gasteiger partial charge in [0, 0.05) is 27.6 Å². The van der Waals surface area contributed by atoms with E-state index in [0.29, 0.717) is 24.3 Å². The fourth-order valence-electron chi connectivity index (χ4n) is 1.66. The molecular formula is C15H24N2O3. The summed E-state index contributed by atoms with van der Waals surface area (Å²) in [5.74, 6) is -0.367. The summed E-state index contributed by atoms with van der Waals surface area (Å²) in [6, 6.07) is 5.17. The standard InChI is InChI=1S/C15H24N2O3/c1-15(2,19-5)8-9-20-14(18)11-6-7-13(17(3)4)12(16)10-11/h6-7,10H,8-9,16H2,1-5H3. The molecule has 0 aliphatic heterocycles. The van der Waals surface area contributed by atoms with E-state index in [2.05, 4.69) is 0 Å². The molecule has 0 unspecified atom stereocenters. The second-order valence-corrected chi connectivity index (χ2v) is 5.52. The van der Waals surface area contributed by atoms with Gasteiger partial charge in [-0.2, -0.15) is 0 Å². The number of esters is 1. The van der Waals surface area contributed by atoms with Crippen molar-refractivity contribution < 1.29 is 14.3 Å². The van der Waals surface area contributed by atoms with E-state index in [4.69, 9.17) is 15.2 Å². The van der Waals surface area contributed by atoms with Crippen LogP contribution < -0.4 is 10.6 Å². The molecule has 1 rings (SSSR count). The highest BCUT2D eigenvalue weighted by Crippen LogP contribution is 2.23. The van der Waals surface area contributed by atoms with Crippen molar-refractivity contribution in [3.05, 3.63) is 23.8 Å². The van der Waals surface area contributed by atoms with Crippen molar-refractivity contribution in [3.63, 3.8) is 0 Å². The van der Waals surface area contributed by atoms with Crippen LogP contribution >= 0.6 is 0 Å². The van der Waals surface area contributed by atoms with Gasteiger partial charge in [0.25, 0.3) is 0 Å². The van der Waals surface area contributed by atoms with Crippen LogP contribution in [0.5, 0.6) is 0 Å². The maximum absolute atomic E-state index is 11.9. The first kappa shape index (κ1) is 16.3. The van der Waals surface area contributed by atoms with Crippen LogP contribution in [0.2, 0.25) is 0 Å². The van der Waals surface area contributed by atoms with Crippen LogP contribution in [0.25, 0.3) is 0 Å². The molecule has 0 radical (unpaired) electrons. The molecule has 0 spiro atoms. The van der Waals surface area contributed by atoms with Gasteiger partial charge in [-0.25, -0.2) is 4.79 Å². The summed E-state index contributed by atoms with van der Waals surface area (Å²) < 4.78 is 10.5. The van der Waals surface area contributed by atoms with Gasteiger partial charge in [-0.1, -0.05) is 0 Å². The summed E-state index contributed by atoms with van der Waals surface area (Å²) in [6.07, 6.45) is 0.639. The Hall–Kier alpha value is -1.75. The van der Waals surface area contributed by atoms with Gasteiger partial charge in [0.15, 0.2) is 0 Å². The molecule has 5 heteroatoms. The molecule has 0 bridgehead atoms. The molecule has 0 aromatic heterocycles. The van der Waals surface area contributed by atoms with Gasteiger partial charge in [0.2, 0.25) is 0 Å². The molecule has 20 heavy (non-hydrogen) atoms. The number of methoxy groups -OCH3 is 1. The number of benzene rings is 1. The van der Waals surface area contributed by atoms with Gasteiger partial charge in [-0.15, -0.1) is 0 Å². The SMILES string of the molecule is COC(C)(C)CCOC(=O)c1ccc(N(C)C)c(N)c1. The third-order valence-electron chi connectivity index (χ3n) is 3.23. The predicted molar refractivity (Wildman–Crippen MR) is 81.2 cm³/mol. The van der Waals surface area contributed by atoms with Crippen LogP contribution in [0.3, 0.4) is 0 Å². The van der Waals surface area contributed by atoms with E-state index < -0.39 is 0 Å². The minimum Gasteiger partial charge on any atom is -0.462 e. The zero-order chi connectivity index (χ0) is 15.3. The number of nitrogens with two attached hydrogens (primary N) is 1. The predicted octanol–water partition coefficient (Wildman–Crippen LogP) is 2.31. The number of rotatable bonds is 6. The van der Waals surface area contributed by atoms with Crippen LogP contribution in [-0.2, 0) is 9.47 Å². The highest BCUT2D eigenvalue weighted by atomic mass is 16.5. The third kappa shape index (κ3) is 4.42. The highest BCUT2D eigenvalue weighted by molar-refractivity contribution is 5.92. The summed E-state index contributed by atoms with van der Waals surface area (Å²) in [4.78, 5) is 13.8. The molecule has 5 nitrogen and oxygen atoms in total. The summed E-state index contributed by atoms with van der Waals surface area (Å²) >= 11 is 0. The molecular weight excluding hydrogens is 256 g/mol. The second kappa shape index (κ2) is 6.61. The second-order valence-electron chi connectivity index (χ2n) is 5.52. The normalized spacial score (nSPS) is 11.2. The maximum atomic E-state index is 11.9. The molecule has 0 saturated heterocycles. The van der Waals surface area contributed by atoms with Gasteiger partial charge < -0.3 is 20.1 Å². The van der Waals surface area contributed by atoms with E-state index in [1.165, 1.54) is 0 Å². The summed E-state index contributed by atoms with van der Waals surface area (Å²) in [5.41, 5.74) is 7.51. The minimum atomic E-state index is -0.367. The molecule has 0 aliphatic rings. The fourth-order valence-corrected chi connectivity index (χ4v) is 1.66. The van der Waals surface area contributed by atoms with Crippen molar-refractivity contribution >= 4 is 17.3 Å². The van der Waals surface area contributed by atoms with E-state index in [9.17, 15) is 4.79 Å². The van der Waals surface area contributed by atoms with E-state index >= 15 is 0 Å². The Kier molecular flexibility index (Phi) is 5.39. The summed E-state index contributed by atoms with van der Waals surface area (Å²) in [7, 11) is 5.44. The zero-order valence-electron chi connectivity index (χ0n) is 12.9. The van der Waals surface area contributed by atoms with Gasteiger partial charge in [-0.3, -0.25) is 0 Å². The Bertz CT molecular complexity index is 470. The average Bonchev–Trinajstić information content (AvgIpc) is 2.37. The zero-order valence-corrected chi connectivity index (χ0v) is 12.9. The first-order valence-corrected chi connectivity index (χ1v) is 6.56. The lowest BCUT2D eigenvalue weighted by Crippen LogP contribution is -2.25. The fraction of sp³-hybridized carbons (Fsp3) is 0.533. The van der Waals surface area contributed by atoms with Crippen LogP contribution in [-0.4, -0.2) is 39.4 Å². The van der Waals surface area contributed by atoms with E-state index in [-0.39, 0.29) is 11.6 Å². The number of carbonyl (C=O) groups is 1. The van der Waals surface area contributed by atoms with Gasteiger partial charge >= 0.3 is 5.97 Å². The summed E-state index contributed by atoms with van der Waals surface area (Å²) in [6.45, 7) is 4.21. The molecule has 1 aromatic carbocycles. The number of ether oxygens (including phenoxy) is 2. The Morgan fingerprint density at radius 2 is 2.00 bits per heavy atom. The number of nitrogen functional groups attached to an aromatic ring is 1. The number of nitrogens with zero attached hydrogens (tertiary/aromatic N) is 1. The van der Waals surface area contributed by atoms with E-state index in [1.807, 2.05) is 38.9 Å². The van der Waals surface area contributed by atoms with Crippen LogP contribution in [0.15, 0.2) is 18.2 Å². The van der Waals surface area contributed by atoms with Gasteiger partial charge in [0.1, 0.15) is 0 Å². The average molecular weight is 280 g/mol. The van der Waals surface area contributed by atoms with Gasteiger partial charge in [0.05, 0.1) is 29.1 Å². The van der Waals surface area contributed by atoms with E-state index in [1.54, 1.807) is 19.2 Å². The topological polar surface area (TPSA) is 64.8 Å². The highest BCUT2D eigenvalue weighted by Gasteiger charge is 2.17. The molecule has 0 atom stereocenters. The van der Waals surface area contributed by atoms with Crippen LogP contribution in [0.4, 0.5) is 11.4 Å². The first-order valence-electron chi connectivity index (χ1n) is 6.56. The smallest absolute Gasteiger partial charge is 0.338 e. The molecule has 0 heterocycles. The van der Waals surface area contributed by atoms with Gasteiger partial charge in [-0.05, 0) is 32.0 Å². The Balaban J connectivity index is 2.63. The lowest BCUT2D eigenvalue weighted by atomic mass is 10.1. The lowest BCUT2D eigenvalue weighted by molar-refractivity contribution is -0.00563.